The second-order valence-electron chi connectivity index (χ2n) is 2.15. The van der Waals surface area contributed by atoms with Crippen LogP contribution in [0.5, 0.6) is 0 Å². The van der Waals surface area contributed by atoms with Crippen molar-refractivity contribution in [2.75, 3.05) is 6.61 Å². The number of halogens is 2. The van der Waals surface area contributed by atoms with Gasteiger partial charge in [-0.2, -0.15) is 0 Å². The van der Waals surface area contributed by atoms with Gasteiger partial charge in [0.25, 0.3) is 0 Å². The van der Waals surface area contributed by atoms with Gasteiger partial charge in [-0.25, -0.2) is 0 Å². The summed E-state index contributed by atoms with van der Waals surface area (Å²) in [5, 5.41) is 0. The number of alkyl halides is 2. The van der Waals surface area contributed by atoms with Gasteiger partial charge in [0.2, 0.25) is 0 Å². The molecular formula is C7H11Cl2O3P. The van der Waals surface area contributed by atoms with Crippen molar-refractivity contribution in [3.8, 4) is 0 Å². The van der Waals surface area contributed by atoms with Gasteiger partial charge in [0.1, 0.15) is 4.84 Å². The summed E-state index contributed by atoms with van der Waals surface area (Å²) < 4.78 is 15.7. The van der Waals surface area contributed by atoms with Crippen LogP contribution in [0.3, 0.4) is 0 Å². The van der Waals surface area contributed by atoms with E-state index < -0.39 is 12.4 Å². The molecule has 6 heteroatoms. The van der Waals surface area contributed by atoms with Crippen molar-refractivity contribution >= 4 is 30.8 Å². The van der Waals surface area contributed by atoms with Gasteiger partial charge in [0.05, 0.1) is 6.61 Å². The Morgan fingerprint density at radius 1 is 1.62 bits per heavy atom. The third-order valence-electron chi connectivity index (χ3n) is 1.02. The normalized spacial score (nSPS) is 16.3. The van der Waals surface area contributed by atoms with E-state index in [1.165, 1.54) is 12.2 Å². The van der Waals surface area contributed by atoms with Gasteiger partial charge in [-0.1, -0.05) is 18.7 Å². The first-order valence-corrected chi connectivity index (χ1v) is 6.05. The third kappa shape index (κ3) is 8.54. The monoisotopic (exact) mass is 244 g/mol. The standard InChI is InChI=1S/C7H11Cl2O3P/c1-2-3-6-13(10,11)12-5-4-7(8)9/h2-3,6-7H,1,4-5H2,(H,10,11). The number of allylic oxidation sites excluding steroid dienone is 2. The van der Waals surface area contributed by atoms with E-state index in [1.54, 1.807) is 0 Å². The molecule has 0 aromatic rings. The summed E-state index contributed by atoms with van der Waals surface area (Å²) in [6, 6.07) is 0. The van der Waals surface area contributed by atoms with Crippen LogP contribution in [0.4, 0.5) is 0 Å². The van der Waals surface area contributed by atoms with E-state index in [4.69, 9.17) is 28.1 Å². The lowest BCUT2D eigenvalue weighted by Crippen LogP contribution is -1.96. The molecule has 0 amide bonds. The van der Waals surface area contributed by atoms with Crippen molar-refractivity contribution in [2.45, 2.75) is 11.3 Å². The summed E-state index contributed by atoms with van der Waals surface area (Å²) >= 11 is 10.8. The Morgan fingerprint density at radius 2 is 2.23 bits per heavy atom. The molecule has 0 spiro atoms. The van der Waals surface area contributed by atoms with E-state index in [1.807, 2.05) is 0 Å². The molecule has 0 rings (SSSR count). The first kappa shape index (κ1) is 13.2. The Morgan fingerprint density at radius 3 is 2.69 bits per heavy atom. The molecular weight excluding hydrogens is 234 g/mol. The molecule has 0 aromatic carbocycles. The lowest BCUT2D eigenvalue weighted by Gasteiger charge is -2.07. The highest BCUT2D eigenvalue weighted by Gasteiger charge is 2.14. The van der Waals surface area contributed by atoms with Crippen molar-refractivity contribution in [3.63, 3.8) is 0 Å². The molecule has 0 saturated heterocycles. The molecule has 13 heavy (non-hydrogen) atoms. The second-order valence-corrected chi connectivity index (χ2v) is 5.12. The molecule has 0 fully saturated rings. The zero-order chi connectivity index (χ0) is 10.3. The van der Waals surface area contributed by atoms with Crippen molar-refractivity contribution in [1.82, 2.24) is 0 Å². The van der Waals surface area contributed by atoms with E-state index >= 15 is 0 Å². The maximum atomic E-state index is 11.1. The summed E-state index contributed by atoms with van der Waals surface area (Å²) in [7, 11) is -3.63. The molecule has 76 valence electrons. The molecule has 0 heterocycles. The molecule has 1 atom stereocenters. The average Bonchev–Trinajstić information content (AvgIpc) is 2.00. The summed E-state index contributed by atoms with van der Waals surface area (Å²) in [5.41, 5.74) is 0. The van der Waals surface area contributed by atoms with Crippen LogP contribution in [-0.2, 0) is 9.09 Å². The molecule has 0 aliphatic rings. The van der Waals surface area contributed by atoms with E-state index in [-0.39, 0.29) is 6.61 Å². The van der Waals surface area contributed by atoms with Crippen LogP contribution in [0.2, 0.25) is 0 Å². The fourth-order valence-electron chi connectivity index (χ4n) is 0.485. The summed E-state index contributed by atoms with van der Waals surface area (Å²) in [4.78, 5) is 8.49. The minimum atomic E-state index is -3.63. The summed E-state index contributed by atoms with van der Waals surface area (Å²) in [5.74, 6) is 1.05. The Labute approximate surface area is 87.5 Å². The summed E-state index contributed by atoms with van der Waals surface area (Å²) in [6.07, 6.45) is 3.05. The van der Waals surface area contributed by atoms with Gasteiger partial charge in [0.15, 0.2) is 0 Å². The highest BCUT2D eigenvalue weighted by Crippen LogP contribution is 2.43. The third-order valence-corrected chi connectivity index (χ3v) is 2.56. The zero-order valence-corrected chi connectivity index (χ0v) is 9.30. The Balaban J connectivity index is 3.82. The average molecular weight is 245 g/mol. The molecule has 0 aromatic heterocycles. The van der Waals surface area contributed by atoms with Crippen LogP contribution in [0.15, 0.2) is 24.5 Å². The van der Waals surface area contributed by atoms with Crippen LogP contribution in [0, 0.1) is 0 Å². The second kappa shape index (κ2) is 6.63. The van der Waals surface area contributed by atoms with Gasteiger partial charge >= 0.3 is 7.60 Å². The number of hydrogen-bond donors (Lipinski definition) is 1. The van der Waals surface area contributed by atoms with Crippen molar-refractivity contribution in [2.24, 2.45) is 0 Å². The van der Waals surface area contributed by atoms with E-state index in [0.717, 1.165) is 5.82 Å². The maximum absolute atomic E-state index is 11.1. The first-order valence-electron chi connectivity index (χ1n) is 3.53. The Hall–Kier alpha value is 0.210. The van der Waals surface area contributed by atoms with Crippen molar-refractivity contribution < 1.29 is 14.0 Å². The summed E-state index contributed by atoms with van der Waals surface area (Å²) in [6.45, 7) is 3.40. The predicted molar refractivity (Wildman–Crippen MR) is 55.2 cm³/mol. The van der Waals surface area contributed by atoms with Crippen molar-refractivity contribution in [1.29, 1.82) is 0 Å². The largest absolute Gasteiger partial charge is 0.351 e. The Bertz CT molecular complexity index is 228. The molecule has 0 aliphatic heterocycles. The predicted octanol–water partition coefficient (Wildman–Crippen LogP) is 3.08. The number of hydrogen-bond acceptors (Lipinski definition) is 2. The molecule has 3 nitrogen and oxygen atoms in total. The van der Waals surface area contributed by atoms with E-state index in [0.29, 0.717) is 6.42 Å². The van der Waals surface area contributed by atoms with Crippen LogP contribution in [-0.4, -0.2) is 16.3 Å². The van der Waals surface area contributed by atoms with Crippen LogP contribution in [0.25, 0.3) is 0 Å². The quantitative estimate of drug-likeness (QED) is 0.444. The Kier molecular flexibility index (Phi) is 6.74. The smallest absolute Gasteiger partial charge is 0.321 e. The minimum Gasteiger partial charge on any atom is -0.321 e. The molecule has 1 N–H and O–H groups in total. The molecule has 0 radical (unpaired) electrons. The number of rotatable bonds is 6. The molecule has 1 unspecified atom stereocenters. The fraction of sp³-hybridized carbons (Fsp3) is 0.429. The topological polar surface area (TPSA) is 46.5 Å². The SMILES string of the molecule is C=CC=CP(=O)(O)OCCC(Cl)Cl. The molecule has 0 saturated carbocycles. The van der Waals surface area contributed by atoms with Gasteiger partial charge in [-0.3, -0.25) is 4.57 Å². The van der Waals surface area contributed by atoms with Gasteiger partial charge in [-0.15, -0.1) is 23.2 Å². The van der Waals surface area contributed by atoms with Gasteiger partial charge in [-0.05, 0) is 0 Å². The van der Waals surface area contributed by atoms with Crippen molar-refractivity contribution in [3.05, 3.63) is 24.5 Å². The zero-order valence-electron chi connectivity index (χ0n) is 6.90. The van der Waals surface area contributed by atoms with E-state index in [2.05, 4.69) is 11.1 Å². The highest BCUT2D eigenvalue weighted by molar-refractivity contribution is 7.56. The van der Waals surface area contributed by atoms with Gasteiger partial charge < -0.3 is 9.42 Å². The minimum absolute atomic E-state index is 0.0485. The maximum Gasteiger partial charge on any atom is 0.351 e. The molecule has 0 bridgehead atoms. The van der Waals surface area contributed by atoms with Crippen LogP contribution >= 0.6 is 30.8 Å². The first-order chi connectivity index (χ1) is 5.98. The fourth-order valence-corrected chi connectivity index (χ4v) is 1.46. The van der Waals surface area contributed by atoms with E-state index in [9.17, 15) is 4.57 Å². The lowest BCUT2D eigenvalue weighted by atomic mass is 10.5. The lowest BCUT2D eigenvalue weighted by molar-refractivity contribution is 0.267. The van der Waals surface area contributed by atoms with Crippen LogP contribution < -0.4 is 0 Å². The molecule has 0 aliphatic carbocycles. The highest BCUT2D eigenvalue weighted by atomic mass is 35.5. The van der Waals surface area contributed by atoms with Gasteiger partial charge in [0, 0.05) is 12.2 Å². The van der Waals surface area contributed by atoms with Crippen LogP contribution in [0.1, 0.15) is 6.42 Å².